The fourth-order valence-corrected chi connectivity index (χ4v) is 2.94. The molecule has 0 aromatic carbocycles. The summed E-state index contributed by atoms with van der Waals surface area (Å²) in [5, 5.41) is 6.35. The van der Waals surface area contributed by atoms with Gasteiger partial charge in [-0.1, -0.05) is 6.07 Å². The molecule has 2 rings (SSSR count). The van der Waals surface area contributed by atoms with Crippen molar-refractivity contribution in [1.29, 1.82) is 0 Å². The number of nitrogens with zero attached hydrogens (tertiary/aromatic N) is 3. The van der Waals surface area contributed by atoms with Crippen molar-refractivity contribution in [2.45, 2.75) is 12.5 Å². The first kappa shape index (κ1) is 14.2. The average molecular weight is 279 g/mol. The van der Waals surface area contributed by atoms with Gasteiger partial charge in [-0.2, -0.15) is 5.10 Å². The van der Waals surface area contributed by atoms with Crippen molar-refractivity contribution >= 4 is 11.3 Å². The van der Waals surface area contributed by atoms with E-state index in [0.717, 1.165) is 12.2 Å². The highest BCUT2D eigenvalue weighted by Gasteiger charge is 2.33. The highest BCUT2D eigenvalue weighted by Crippen LogP contribution is 2.35. The second-order valence-electron chi connectivity index (χ2n) is 5.00. The SMILES string of the molecule is CN(C)CCOC(C)(c1cccs1)c1ccnn1C. The molecular weight excluding hydrogens is 258 g/mol. The van der Waals surface area contributed by atoms with Crippen LogP contribution >= 0.6 is 11.3 Å². The van der Waals surface area contributed by atoms with Crippen molar-refractivity contribution in [3.63, 3.8) is 0 Å². The van der Waals surface area contributed by atoms with Gasteiger partial charge in [-0.15, -0.1) is 11.3 Å². The summed E-state index contributed by atoms with van der Waals surface area (Å²) in [6.07, 6.45) is 1.82. The second kappa shape index (κ2) is 5.86. The molecule has 0 amide bonds. The molecule has 0 aliphatic carbocycles. The Morgan fingerprint density at radius 3 is 2.74 bits per heavy atom. The van der Waals surface area contributed by atoms with Crippen LogP contribution in [0, 0.1) is 0 Å². The molecule has 0 fully saturated rings. The summed E-state index contributed by atoms with van der Waals surface area (Å²) < 4.78 is 8.10. The topological polar surface area (TPSA) is 30.3 Å². The Labute approximate surface area is 118 Å². The molecule has 2 aromatic rings. The van der Waals surface area contributed by atoms with Gasteiger partial charge in [0.05, 0.1) is 12.3 Å². The van der Waals surface area contributed by atoms with Crippen LogP contribution in [0.4, 0.5) is 0 Å². The monoisotopic (exact) mass is 279 g/mol. The van der Waals surface area contributed by atoms with Crippen molar-refractivity contribution in [2.24, 2.45) is 7.05 Å². The summed E-state index contributed by atoms with van der Waals surface area (Å²) in [5.41, 5.74) is 0.642. The van der Waals surface area contributed by atoms with Crippen LogP contribution in [0.1, 0.15) is 17.5 Å². The Bertz CT molecular complexity index is 507. The summed E-state index contributed by atoms with van der Waals surface area (Å²) in [7, 11) is 6.06. The quantitative estimate of drug-likeness (QED) is 0.813. The Balaban J connectivity index is 2.26. The molecule has 0 aliphatic rings. The van der Waals surface area contributed by atoms with Crippen LogP contribution in [-0.2, 0) is 17.4 Å². The van der Waals surface area contributed by atoms with E-state index in [2.05, 4.69) is 48.5 Å². The summed E-state index contributed by atoms with van der Waals surface area (Å²) >= 11 is 1.72. The first-order valence-electron chi connectivity index (χ1n) is 6.35. The third kappa shape index (κ3) is 3.05. The van der Waals surface area contributed by atoms with Crippen LogP contribution in [0.25, 0.3) is 0 Å². The average Bonchev–Trinajstić information content (AvgIpc) is 2.98. The third-order valence-electron chi connectivity index (χ3n) is 3.23. The first-order chi connectivity index (χ1) is 9.04. The van der Waals surface area contributed by atoms with Crippen molar-refractivity contribution in [1.82, 2.24) is 14.7 Å². The number of aryl methyl sites for hydroxylation is 1. The van der Waals surface area contributed by atoms with Crippen molar-refractivity contribution < 1.29 is 4.74 Å². The number of hydrogen-bond donors (Lipinski definition) is 0. The molecule has 0 bridgehead atoms. The fourth-order valence-electron chi connectivity index (χ4n) is 2.10. The molecule has 4 nitrogen and oxygen atoms in total. The summed E-state index contributed by atoms with van der Waals surface area (Å²) in [6, 6.07) is 6.20. The standard InChI is InChI=1S/C14H21N3OS/c1-14(13-6-5-11-19-13,18-10-9-16(2)3)12-7-8-15-17(12)4/h5-8,11H,9-10H2,1-4H3. The van der Waals surface area contributed by atoms with E-state index in [9.17, 15) is 0 Å². The molecule has 0 saturated heterocycles. The number of thiophene rings is 1. The zero-order chi connectivity index (χ0) is 13.9. The molecule has 0 aliphatic heterocycles. The predicted octanol–water partition coefficient (Wildman–Crippen LogP) is 2.32. The fraction of sp³-hybridized carbons (Fsp3) is 0.500. The maximum absolute atomic E-state index is 6.22. The Hall–Kier alpha value is -1.17. The van der Waals surface area contributed by atoms with E-state index in [0.29, 0.717) is 6.61 Å². The van der Waals surface area contributed by atoms with Crippen molar-refractivity contribution in [3.05, 3.63) is 40.3 Å². The number of rotatable bonds is 6. The molecule has 19 heavy (non-hydrogen) atoms. The van der Waals surface area contributed by atoms with Crippen molar-refractivity contribution in [3.8, 4) is 0 Å². The van der Waals surface area contributed by atoms with Gasteiger partial charge >= 0.3 is 0 Å². The normalized spacial score (nSPS) is 14.8. The summed E-state index contributed by atoms with van der Waals surface area (Å²) in [4.78, 5) is 3.33. The van der Waals surface area contributed by atoms with Crippen LogP contribution in [0.5, 0.6) is 0 Å². The van der Waals surface area contributed by atoms with Gasteiger partial charge in [0.2, 0.25) is 0 Å². The summed E-state index contributed by atoms with van der Waals surface area (Å²) in [5.74, 6) is 0. The lowest BCUT2D eigenvalue weighted by Crippen LogP contribution is -2.32. The molecular formula is C14H21N3OS. The van der Waals surface area contributed by atoms with Gasteiger partial charge in [-0.25, -0.2) is 0 Å². The van der Waals surface area contributed by atoms with E-state index in [-0.39, 0.29) is 0 Å². The molecule has 1 unspecified atom stereocenters. The zero-order valence-corrected chi connectivity index (χ0v) is 12.8. The lowest BCUT2D eigenvalue weighted by molar-refractivity contribution is -0.0130. The van der Waals surface area contributed by atoms with E-state index >= 15 is 0 Å². The highest BCUT2D eigenvalue weighted by molar-refractivity contribution is 7.10. The van der Waals surface area contributed by atoms with Gasteiger partial charge in [0.15, 0.2) is 0 Å². The molecule has 0 spiro atoms. The number of ether oxygens (including phenoxy) is 1. The smallest absolute Gasteiger partial charge is 0.141 e. The Kier molecular flexibility index (Phi) is 4.39. The van der Waals surface area contributed by atoms with Crippen LogP contribution in [0.3, 0.4) is 0 Å². The van der Waals surface area contributed by atoms with Gasteiger partial charge in [0, 0.05) is 24.7 Å². The Morgan fingerprint density at radius 2 is 2.21 bits per heavy atom. The summed E-state index contributed by atoms with van der Waals surface area (Å²) in [6.45, 7) is 3.71. The highest BCUT2D eigenvalue weighted by atomic mass is 32.1. The molecule has 0 radical (unpaired) electrons. The minimum Gasteiger partial charge on any atom is -0.362 e. The maximum Gasteiger partial charge on any atom is 0.141 e. The lowest BCUT2D eigenvalue weighted by Gasteiger charge is -2.29. The number of aromatic nitrogens is 2. The van der Waals surface area contributed by atoms with Gasteiger partial charge in [-0.05, 0) is 38.5 Å². The molecule has 1 atom stereocenters. The molecule has 0 N–H and O–H groups in total. The molecule has 5 heteroatoms. The second-order valence-corrected chi connectivity index (χ2v) is 5.95. The Morgan fingerprint density at radius 1 is 1.42 bits per heavy atom. The van der Waals surface area contributed by atoms with E-state index < -0.39 is 5.60 Å². The van der Waals surface area contributed by atoms with Gasteiger partial charge in [-0.3, -0.25) is 4.68 Å². The molecule has 104 valence electrons. The van der Waals surface area contributed by atoms with Crippen LogP contribution in [-0.4, -0.2) is 41.9 Å². The largest absolute Gasteiger partial charge is 0.362 e. The lowest BCUT2D eigenvalue weighted by atomic mass is 10.00. The molecule has 0 saturated carbocycles. The molecule has 2 heterocycles. The van der Waals surface area contributed by atoms with Gasteiger partial charge in [0.25, 0.3) is 0 Å². The van der Waals surface area contributed by atoms with Crippen LogP contribution in [0.2, 0.25) is 0 Å². The maximum atomic E-state index is 6.22. The van der Waals surface area contributed by atoms with Crippen LogP contribution in [0.15, 0.2) is 29.8 Å². The van der Waals surface area contributed by atoms with Crippen molar-refractivity contribution in [2.75, 3.05) is 27.2 Å². The first-order valence-corrected chi connectivity index (χ1v) is 7.23. The van der Waals surface area contributed by atoms with E-state index in [1.165, 1.54) is 4.88 Å². The minimum absolute atomic E-state index is 0.435. The van der Waals surface area contributed by atoms with Gasteiger partial charge < -0.3 is 9.64 Å². The minimum atomic E-state index is -0.435. The van der Waals surface area contributed by atoms with Gasteiger partial charge in [0.1, 0.15) is 5.60 Å². The number of hydrogen-bond acceptors (Lipinski definition) is 4. The predicted molar refractivity (Wildman–Crippen MR) is 78.5 cm³/mol. The third-order valence-corrected chi connectivity index (χ3v) is 4.30. The molecule has 2 aromatic heterocycles. The van der Waals surface area contributed by atoms with E-state index in [1.807, 2.05) is 24.0 Å². The van der Waals surface area contributed by atoms with E-state index in [4.69, 9.17) is 4.74 Å². The van der Waals surface area contributed by atoms with Crippen LogP contribution < -0.4 is 0 Å². The van der Waals surface area contributed by atoms with E-state index in [1.54, 1.807) is 11.3 Å². The number of likely N-dealkylation sites (N-methyl/N-ethyl adjacent to an activating group) is 1. The zero-order valence-electron chi connectivity index (χ0n) is 12.0.